The lowest BCUT2D eigenvalue weighted by atomic mass is 10.2. The molecule has 1 amide bonds. The van der Waals surface area contributed by atoms with E-state index in [1.807, 2.05) is 41.6 Å². The molecule has 20 heavy (non-hydrogen) atoms. The molecule has 0 unspecified atom stereocenters. The smallest absolute Gasteiger partial charge is 0.255 e. The zero-order chi connectivity index (χ0) is 14.5. The minimum Gasteiger partial charge on any atom is -0.507 e. The number of benzene rings is 2. The molecule has 2 aromatic carbocycles. The van der Waals surface area contributed by atoms with Gasteiger partial charge in [0.1, 0.15) is 11.5 Å². The second-order valence-electron chi connectivity index (χ2n) is 4.08. The van der Waals surface area contributed by atoms with Crippen LogP contribution in [0.5, 0.6) is 11.5 Å². The Morgan fingerprint density at radius 3 is 2.80 bits per heavy atom. The highest BCUT2D eigenvalue weighted by molar-refractivity contribution is 14.1. The lowest BCUT2D eigenvalue weighted by molar-refractivity contribution is 0.102. The summed E-state index contributed by atoms with van der Waals surface area (Å²) in [5, 5.41) is 12.4. The third-order valence-electron chi connectivity index (χ3n) is 2.61. The van der Waals surface area contributed by atoms with Gasteiger partial charge in [-0.1, -0.05) is 6.07 Å². The molecule has 0 fully saturated rings. The van der Waals surface area contributed by atoms with Gasteiger partial charge in [0.05, 0.1) is 10.2 Å². The van der Waals surface area contributed by atoms with E-state index in [1.54, 1.807) is 24.3 Å². The maximum atomic E-state index is 12.1. The van der Waals surface area contributed by atoms with Crippen LogP contribution >= 0.6 is 22.6 Å². The van der Waals surface area contributed by atoms with E-state index in [0.717, 1.165) is 0 Å². The average Bonchev–Trinajstić information content (AvgIpc) is 2.42. The van der Waals surface area contributed by atoms with Crippen molar-refractivity contribution in [3.05, 3.63) is 51.6 Å². The van der Waals surface area contributed by atoms with Gasteiger partial charge in [0.15, 0.2) is 0 Å². The van der Waals surface area contributed by atoms with Crippen LogP contribution in [-0.2, 0) is 0 Å². The topological polar surface area (TPSA) is 58.6 Å². The van der Waals surface area contributed by atoms with Crippen LogP contribution in [0, 0.1) is 3.57 Å². The second-order valence-corrected chi connectivity index (χ2v) is 5.24. The molecule has 0 aliphatic rings. The van der Waals surface area contributed by atoms with Gasteiger partial charge in [0.2, 0.25) is 0 Å². The molecule has 0 aliphatic carbocycles. The van der Waals surface area contributed by atoms with E-state index in [9.17, 15) is 9.90 Å². The summed E-state index contributed by atoms with van der Waals surface area (Å²) in [5.74, 6) is 0.530. The number of hydrogen-bond acceptors (Lipinski definition) is 3. The van der Waals surface area contributed by atoms with Crippen LogP contribution in [0.25, 0.3) is 0 Å². The molecule has 0 atom stereocenters. The first-order chi connectivity index (χ1) is 9.60. The Morgan fingerprint density at radius 1 is 1.30 bits per heavy atom. The van der Waals surface area contributed by atoms with Crippen molar-refractivity contribution in [2.75, 3.05) is 11.9 Å². The van der Waals surface area contributed by atoms with Gasteiger partial charge in [-0.15, -0.1) is 0 Å². The predicted octanol–water partition coefficient (Wildman–Crippen LogP) is 3.65. The van der Waals surface area contributed by atoms with E-state index in [-0.39, 0.29) is 11.7 Å². The monoisotopic (exact) mass is 383 g/mol. The Morgan fingerprint density at radius 2 is 2.10 bits per heavy atom. The van der Waals surface area contributed by atoms with E-state index < -0.39 is 0 Å². The van der Waals surface area contributed by atoms with Crippen LogP contribution in [0.4, 0.5) is 5.69 Å². The maximum absolute atomic E-state index is 12.1. The fourth-order valence-corrected chi connectivity index (χ4v) is 2.02. The van der Waals surface area contributed by atoms with Gasteiger partial charge in [0.25, 0.3) is 5.91 Å². The summed E-state index contributed by atoms with van der Waals surface area (Å²) in [5.41, 5.74) is 1.06. The van der Waals surface area contributed by atoms with Crippen molar-refractivity contribution in [2.45, 2.75) is 6.92 Å². The fourth-order valence-electron chi connectivity index (χ4n) is 1.69. The van der Waals surface area contributed by atoms with Crippen molar-refractivity contribution in [1.82, 2.24) is 0 Å². The second kappa shape index (κ2) is 6.60. The molecule has 0 saturated carbocycles. The highest BCUT2D eigenvalue weighted by Crippen LogP contribution is 2.22. The van der Waals surface area contributed by atoms with E-state index in [0.29, 0.717) is 27.2 Å². The number of ether oxygens (including phenoxy) is 1. The number of carbonyl (C=O) groups is 1. The molecule has 2 aromatic rings. The first kappa shape index (κ1) is 14.6. The van der Waals surface area contributed by atoms with Gasteiger partial charge >= 0.3 is 0 Å². The number of phenolic OH excluding ortho intramolecular Hbond substituents is 1. The molecule has 0 spiro atoms. The lowest BCUT2D eigenvalue weighted by Crippen LogP contribution is -2.11. The summed E-state index contributed by atoms with van der Waals surface area (Å²) in [6.45, 7) is 2.47. The molecule has 104 valence electrons. The van der Waals surface area contributed by atoms with Crippen LogP contribution in [0.2, 0.25) is 0 Å². The van der Waals surface area contributed by atoms with Gasteiger partial charge < -0.3 is 15.2 Å². The molecule has 0 saturated heterocycles. The fraction of sp³-hybridized carbons (Fsp3) is 0.133. The normalized spacial score (nSPS) is 10.1. The number of carbonyl (C=O) groups excluding carboxylic acids is 1. The molecule has 0 aliphatic heterocycles. The number of anilines is 1. The van der Waals surface area contributed by atoms with E-state index >= 15 is 0 Å². The van der Waals surface area contributed by atoms with E-state index in [1.165, 1.54) is 6.07 Å². The molecule has 0 radical (unpaired) electrons. The highest BCUT2D eigenvalue weighted by Gasteiger charge is 2.09. The summed E-state index contributed by atoms with van der Waals surface area (Å²) >= 11 is 2.00. The first-order valence-electron chi connectivity index (χ1n) is 6.13. The van der Waals surface area contributed by atoms with Crippen molar-refractivity contribution < 1.29 is 14.6 Å². The number of nitrogens with one attached hydrogen (secondary N) is 1. The Balaban J connectivity index is 2.14. The number of phenols is 1. The van der Waals surface area contributed by atoms with Crippen molar-refractivity contribution in [2.24, 2.45) is 0 Å². The number of rotatable bonds is 4. The Bertz CT molecular complexity index is 628. The maximum Gasteiger partial charge on any atom is 0.255 e. The van der Waals surface area contributed by atoms with Crippen molar-refractivity contribution in [3.8, 4) is 11.5 Å². The minimum absolute atomic E-state index is 0.0984. The number of amides is 1. The van der Waals surface area contributed by atoms with Gasteiger partial charge in [-0.25, -0.2) is 0 Å². The molecular weight excluding hydrogens is 369 g/mol. The molecule has 5 heteroatoms. The van der Waals surface area contributed by atoms with Gasteiger partial charge in [0, 0.05) is 17.3 Å². The van der Waals surface area contributed by atoms with E-state index in [2.05, 4.69) is 5.32 Å². The molecule has 2 rings (SSSR count). The zero-order valence-electron chi connectivity index (χ0n) is 10.9. The molecular formula is C15H14INO3. The van der Waals surface area contributed by atoms with Crippen LogP contribution < -0.4 is 10.1 Å². The summed E-state index contributed by atoms with van der Waals surface area (Å²) in [4.78, 5) is 12.1. The van der Waals surface area contributed by atoms with Crippen LogP contribution in [0.1, 0.15) is 17.3 Å². The predicted molar refractivity (Wildman–Crippen MR) is 86.4 cm³/mol. The number of halogens is 1. The molecule has 0 heterocycles. The third kappa shape index (κ3) is 3.63. The third-order valence-corrected chi connectivity index (χ3v) is 3.52. The van der Waals surface area contributed by atoms with Gasteiger partial charge in [-0.2, -0.15) is 0 Å². The summed E-state index contributed by atoms with van der Waals surface area (Å²) in [6, 6.07) is 12.0. The summed E-state index contributed by atoms with van der Waals surface area (Å²) < 4.78 is 6.08. The Kier molecular flexibility index (Phi) is 4.84. The molecule has 0 aromatic heterocycles. The van der Waals surface area contributed by atoms with E-state index in [4.69, 9.17) is 4.74 Å². The Hall–Kier alpha value is -1.76. The quantitative estimate of drug-likeness (QED) is 0.793. The first-order valence-corrected chi connectivity index (χ1v) is 7.20. The van der Waals surface area contributed by atoms with Crippen LogP contribution in [0.15, 0.2) is 42.5 Å². The number of aromatic hydroxyl groups is 1. The lowest BCUT2D eigenvalue weighted by Gasteiger charge is -2.08. The van der Waals surface area contributed by atoms with Crippen LogP contribution in [-0.4, -0.2) is 17.6 Å². The Labute approximate surface area is 130 Å². The van der Waals surface area contributed by atoms with Crippen LogP contribution in [0.3, 0.4) is 0 Å². The van der Waals surface area contributed by atoms with Gasteiger partial charge in [-0.05, 0) is 59.8 Å². The van der Waals surface area contributed by atoms with Gasteiger partial charge in [-0.3, -0.25) is 4.79 Å². The molecule has 4 nitrogen and oxygen atoms in total. The average molecular weight is 383 g/mol. The SMILES string of the molecule is CCOc1cccc(NC(=O)c2ccc(I)c(O)c2)c1. The number of hydrogen-bond donors (Lipinski definition) is 2. The minimum atomic E-state index is -0.273. The van der Waals surface area contributed by atoms with Crippen molar-refractivity contribution in [3.63, 3.8) is 0 Å². The summed E-state index contributed by atoms with van der Waals surface area (Å²) in [7, 11) is 0. The standard InChI is InChI=1S/C15H14INO3/c1-2-20-12-5-3-4-11(9-12)17-15(19)10-6-7-13(16)14(18)8-10/h3-9,18H,2H2,1H3,(H,17,19). The zero-order valence-corrected chi connectivity index (χ0v) is 13.0. The largest absolute Gasteiger partial charge is 0.507 e. The molecule has 0 bridgehead atoms. The summed E-state index contributed by atoms with van der Waals surface area (Å²) in [6.07, 6.45) is 0. The van der Waals surface area contributed by atoms with Crippen molar-refractivity contribution >= 4 is 34.2 Å². The highest BCUT2D eigenvalue weighted by atomic mass is 127. The molecule has 2 N–H and O–H groups in total. The van der Waals surface area contributed by atoms with Crippen molar-refractivity contribution in [1.29, 1.82) is 0 Å².